The minimum atomic E-state index is 0.194. The second kappa shape index (κ2) is 4.06. The lowest BCUT2D eigenvalue weighted by Gasteiger charge is -2.11. The third kappa shape index (κ3) is 2.04. The Morgan fingerprint density at radius 3 is 2.53 bits per heavy atom. The van der Waals surface area contributed by atoms with E-state index in [1.54, 1.807) is 0 Å². The maximum atomic E-state index is 5.68. The third-order valence-electron chi connectivity index (χ3n) is 2.39. The molecule has 1 heterocycles. The lowest BCUT2D eigenvalue weighted by molar-refractivity contribution is 0.566. The summed E-state index contributed by atoms with van der Waals surface area (Å²) in [6.45, 7) is 2.09. The highest BCUT2D eigenvalue weighted by Gasteiger charge is 2.10. The SMILES string of the molecule is CC(c1ccccc1)n1cc(Br)c(N)n1. The zero-order valence-electron chi connectivity index (χ0n) is 8.39. The molecule has 78 valence electrons. The summed E-state index contributed by atoms with van der Waals surface area (Å²) >= 11 is 3.35. The van der Waals surface area contributed by atoms with Crippen molar-refractivity contribution < 1.29 is 0 Å². The van der Waals surface area contributed by atoms with Crippen LogP contribution in [0.2, 0.25) is 0 Å². The van der Waals surface area contributed by atoms with Crippen LogP contribution < -0.4 is 5.73 Å². The first kappa shape index (κ1) is 10.2. The van der Waals surface area contributed by atoms with E-state index in [0.29, 0.717) is 5.82 Å². The molecule has 0 aliphatic rings. The highest BCUT2D eigenvalue weighted by molar-refractivity contribution is 9.10. The lowest BCUT2D eigenvalue weighted by Crippen LogP contribution is -2.07. The van der Waals surface area contributed by atoms with Crippen molar-refractivity contribution in [2.45, 2.75) is 13.0 Å². The molecule has 3 nitrogen and oxygen atoms in total. The van der Waals surface area contributed by atoms with Gasteiger partial charge in [-0.1, -0.05) is 30.3 Å². The number of nitrogens with two attached hydrogens (primary N) is 1. The second-order valence-electron chi connectivity index (χ2n) is 3.43. The van der Waals surface area contributed by atoms with E-state index in [1.165, 1.54) is 5.56 Å². The number of nitrogen functional groups attached to an aromatic ring is 1. The zero-order valence-corrected chi connectivity index (χ0v) is 9.98. The van der Waals surface area contributed by atoms with Gasteiger partial charge in [0.1, 0.15) is 0 Å². The first-order chi connectivity index (χ1) is 7.18. The van der Waals surface area contributed by atoms with Crippen LogP contribution in [0.3, 0.4) is 0 Å². The van der Waals surface area contributed by atoms with Crippen LogP contribution in [0.4, 0.5) is 5.82 Å². The smallest absolute Gasteiger partial charge is 0.159 e. The number of halogens is 1. The monoisotopic (exact) mass is 265 g/mol. The second-order valence-corrected chi connectivity index (χ2v) is 4.28. The van der Waals surface area contributed by atoms with Crippen molar-refractivity contribution in [3.05, 3.63) is 46.6 Å². The van der Waals surface area contributed by atoms with E-state index in [0.717, 1.165) is 4.47 Å². The summed E-state index contributed by atoms with van der Waals surface area (Å²) in [5.74, 6) is 0.526. The Balaban J connectivity index is 2.32. The fourth-order valence-corrected chi connectivity index (χ4v) is 1.76. The number of benzene rings is 1. The Kier molecular flexibility index (Phi) is 2.77. The minimum absolute atomic E-state index is 0.194. The molecule has 0 saturated carbocycles. The molecule has 0 radical (unpaired) electrons. The quantitative estimate of drug-likeness (QED) is 0.908. The number of anilines is 1. The molecule has 2 N–H and O–H groups in total. The van der Waals surface area contributed by atoms with E-state index < -0.39 is 0 Å². The van der Waals surface area contributed by atoms with Crippen molar-refractivity contribution in [3.8, 4) is 0 Å². The molecular formula is C11H12BrN3. The van der Waals surface area contributed by atoms with Crippen molar-refractivity contribution in [3.63, 3.8) is 0 Å². The van der Waals surface area contributed by atoms with E-state index in [4.69, 9.17) is 5.73 Å². The standard InChI is InChI=1S/C11H12BrN3/c1-8(9-5-3-2-4-6-9)15-7-10(12)11(13)14-15/h2-8H,1H3,(H2,13,14). The third-order valence-corrected chi connectivity index (χ3v) is 3.00. The molecule has 15 heavy (non-hydrogen) atoms. The van der Waals surface area contributed by atoms with Crippen LogP contribution >= 0.6 is 15.9 Å². The fourth-order valence-electron chi connectivity index (χ4n) is 1.47. The molecule has 1 atom stereocenters. The molecule has 0 aliphatic carbocycles. The number of aromatic nitrogens is 2. The van der Waals surface area contributed by atoms with Crippen molar-refractivity contribution >= 4 is 21.7 Å². The highest BCUT2D eigenvalue weighted by atomic mass is 79.9. The van der Waals surface area contributed by atoms with Gasteiger partial charge < -0.3 is 5.73 Å². The predicted octanol–water partition coefficient (Wildman–Crippen LogP) is 2.84. The number of rotatable bonds is 2. The van der Waals surface area contributed by atoms with Crippen molar-refractivity contribution in [2.75, 3.05) is 5.73 Å². The van der Waals surface area contributed by atoms with Crippen molar-refractivity contribution in [2.24, 2.45) is 0 Å². The maximum Gasteiger partial charge on any atom is 0.159 e. The van der Waals surface area contributed by atoms with E-state index in [2.05, 4.69) is 40.1 Å². The molecular weight excluding hydrogens is 254 g/mol. The predicted molar refractivity (Wildman–Crippen MR) is 64.6 cm³/mol. The number of hydrogen-bond acceptors (Lipinski definition) is 2. The van der Waals surface area contributed by atoms with Crippen LogP contribution in [0.5, 0.6) is 0 Å². The number of nitrogens with zero attached hydrogens (tertiary/aromatic N) is 2. The normalized spacial score (nSPS) is 12.7. The molecule has 0 bridgehead atoms. The Hall–Kier alpha value is -1.29. The van der Waals surface area contributed by atoms with Crippen LogP contribution in [0.15, 0.2) is 41.0 Å². The first-order valence-electron chi connectivity index (χ1n) is 4.73. The molecule has 2 rings (SSSR count). The molecule has 4 heteroatoms. The lowest BCUT2D eigenvalue weighted by atomic mass is 10.1. The average Bonchev–Trinajstić information content (AvgIpc) is 2.59. The van der Waals surface area contributed by atoms with Crippen molar-refractivity contribution in [1.29, 1.82) is 0 Å². The van der Waals surface area contributed by atoms with Crippen LogP contribution in [0, 0.1) is 0 Å². The van der Waals surface area contributed by atoms with E-state index in [1.807, 2.05) is 29.1 Å². The summed E-state index contributed by atoms with van der Waals surface area (Å²) in [6, 6.07) is 10.4. The molecule has 2 aromatic rings. The summed E-state index contributed by atoms with van der Waals surface area (Å²) in [4.78, 5) is 0. The van der Waals surface area contributed by atoms with E-state index in [-0.39, 0.29) is 6.04 Å². The van der Waals surface area contributed by atoms with Gasteiger partial charge in [-0.3, -0.25) is 4.68 Å². The fraction of sp³-hybridized carbons (Fsp3) is 0.182. The van der Waals surface area contributed by atoms with E-state index in [9.17, 15) is 0 Å². The Labute approximate surface area is 97.0 Å². The molecule has 0 fully saturated rings. The van der Waals surface area contributed by atoms with E-state index >= 15 is 0 Å². The molecule has 0 amide bonds. The van der Waals surface area contributed by atoms with Gasteiger partial charge in [-0.2, -0.15) is 5.10 Å². The molecule has 1 unspecified atom stereocenters. The van der Waals surface area contributed by atoms with Gasteiger partial charge in [-0.15, -0.1) is 0 Å². The summed E-state index contributed by atoms with van der Waals surface area (Å²) in [7, 11) is 0. The Morgan fingerprint density at radius 1 is 1.33 bits per heavy atom. The Bertz CT molecular complexity index is 431. The average molecular weight is 266 g/mol. The van der Waals surface area contributed by atoms with Crippen LogP contribution in [0.25, 0.3) is 0 Å². The molecule has 0 spiro atoms. The van der Waals surface area contributed by atoms with Gasteiger partial charge in [0.05, 0.1) is 10.5 Å². The van der Waals surface area contributed by atoms with Crippen LogP contribution in [0.1, 0.15) is 18.5 Å². The summed E-state index contributed by atoms with van der Waals surface area (Å²) in [5.41, 5.74) is 6.89. The minimum Gasteiger partial charge on any atom is -0.381 e. The topological polar surface area (TPSA) is 43.8 Å². The number of hydrogen-bond donors (Lipinski definition) is 1. The van der Waals surface area contributed by atoms with Crippen molar-refractivity contribution in [1.82, 2.24) is 9.78 Å². The molecule has 1 aromatic carbocycles. The highest BCUT2D eigenvalue weighted by Crippen LogP contribution is 2.22. The van der Waals surface area contributed by atoms with Crippen LogP contribution in [-0.4, -0.2) is 9.78 Å². The largest absolute Gasteiger partial charge is 0.381 e. The van der Waals surface area contributed by atoms with Gasteiger partial charge in [0.25, 0.3) is 0 Å². The summed E-state index contributed by atoms with van der Waals surface area (Å²) in [5, 5.41) is 4.23. The summed E-state index contributed by atoms with van der Waals surface area (Å²) in [6.07, 6.45) is 1.90. The van der Waals surface area contributed by atoms with Gasteiger partial charge in [-0.05, 0) is 28.4 Å². The zero-order chi connectivity index (χ0) is 10.8. The van der Waals surface area contributed by atoms with Gasteiger partial charge in [-0.25, -0.2) is 0 Å². The van der Waals surface area contributed by atoms with Gasteiger partial charge >= 0.3 is 0 Å². The first-order valence-corrected chi connectivity index (χ1v) is 5.53. The van der Waals surface area contributed by atoms with Crippen LogP contribution in [-0.2, 0) is 0 Å². The van der Waals surface area contributed by atoms with Gasteiger partial charge in [0, 0.05) is 6.20 Å². The molecule has 1 aromatic heterocycles. The molecule has 0 saturated heterocycles. The summed E-state index contributed by atoms with van der Waals surface area (Å²) < 4.78 is 2.69. The van der Waals surface area contributed by atoms with Gasteiger partial charge in [0.15, 0.2) is 5.82 Å². The maximum absolute atomic E-state index is 5.68. The Morgan fingerprint density at radius 2 is 2.00 bits per heavy atom. The van der Waals surface area contributed by atoms with Gasteiger partial charge in [0.2, 0.25) is 0 Å². The molecule has 0 aliphatic heterocycles.